The average Bonchev–Trinajstić information content (AvgIpc) is 2.14. The maximum atomic E-state index is 10.2. The van der Waals surface area contributed by atoms with Crippen LogP contribution in [0.25, 0.3) is 0 Å². The van der Waals surface area contributed by atoms with Gasteiger partial charge in [0.15, 0.2) is 6.29 Å². The fraction of sp³-hybridized carbons (Fsp3) is 0.833. The van der Waals surface area contributed by atoms with Crippen LogP contribution in [0.2, 0.25) is 0 Å². The van der Waals surface area contributed by atoms with Gasteiger partial charge >= 0.3 is 0 Å². The van der Waals surface area contributed by atoms with Crippen LogP contribution < -0.4 is 0 Å². The van der Waals surface area contributed by atoms with Crippen molar-refractivity contribution in [3.63, 3.8) is 0 Å². The van der Waals surface area contributed by atoms with E-state index in [0.29, 0.717) is 0 Å². The lowest BCUT2D eigenvalue weighted by atomic mass is 9.97. The summed E-state index contributed by atoms with van der Waals surface area (Å²) in [4.78, 5) is 10.2. The Balaban J connectivity index is 4.40. The summed E-state index contributed by atoms with van der Waals surface area (Å²) in [6.45, 7) is -1.55. The maximum absolute atomic E-state index is 10.2. The molecule has 0 spiro atoms. The van der Waals surface area contributed by atoms with Crippen LogP contribution in [0.1, 0.15) is 8.27 Å². The van der Waals surface area contributed by atoms with Crippen molar-refractivity contribution in [3.05, 3.63) is 0 Å². The zero-order valence-corrected chi connectivity index (χ0v) is 5.84. The molecule has 0 bridgehead atoms. The molecule has 0 fully saturated rings. The quantitative estimate of drug-likeness (QED) is 0.350. The van der Waals surface area contributed by atoms with Gasteiger partial charge in [-0.25, -0.2) is 0 Å². The molecule has 5 nitrogen and oxygen atoms in total. The summed E-state index contributed by atoms with van der Waals surface area (Å²) >= 11 is 0. The Morgan fingerprint density at radius 3 is 2.55 bits per heavy atom. The van der Waals surface area contributed by atoms with Crippen LogP contribution in [-0.4, -0.2) is 51.1 Å². The minimum Gasteiger partial charge on any atom is -0.394 e. The molecule has 0 aromatic heterocycles. The van der Waals surface area contributed by atoms with Crippen molar-refractivity contribution >= 4 is 6.29 Å². The number of carbonyl (C=O) groups is 1. The molecule has 0 radical (unpaired) electrons. The number of aliphatic hydroxyl groups is 4. The molecule has 0 aliphatic carbocycles. The predicted octanol–water partition coefficient (Wildman–Crippen LogP) is -2.35. The molecule has 0 heterocycles. The van der Waals surface area contributed by atoms with E-state index in [1.807, 2.05) is 0 Å². The fourth-order valence-corrected chi connectivity index (χ4v) is 0.503. The van der Waals surface area contributed by atoms with E-state index in [-0.39, 0.29) is 6.29 Å². The predicted molar refractivity (Wildman–Crippen MR) is 35.8 cm³/mol. The van der Waals surface area contributed by atoms with Gasteiger partial charge in [0.1, 0.15) is 17.8 Å². The first-order valence-electron chi connectivity index (χ1n) is 3.67. The zero-order chi connectivity index (χ0) is 9.78. The normalized spacial score (nSPS) is 23.1. The summed E-state index contributed by atoms with van der Waals surface area (Å²) in [6, 6.07) is 0. The molecule has 3 atom stereocenters. The minimum atomic E-state index is -2.30. The lowest BCUT2D eigenvalue weighted by Gasteiger charge is -2.25. The van der Waals surface area contributed by atoms with Gasteiger partial charge in [-0.15, -0.1) is 0 Å². The van der Waals surface area contributed by atoms with Gasteiger partial charge in [0.25, 0.3) is 0 Å². The van der Waals surface area contributed by atoms with E-state index in [2.05, 4.69) is 0 Å². The Morgan fingerprint density at radius 1 is 1.73 bits per heavy atom. The molecule has 0 aliphatic rings. The SMILES string of the molecule is [2H]C[C@](O)(C=O)[C@H](O)[C@H](O)CO. The van der Waals surface area contributed by atoms with Gasteiger partial charge in [-0.3, -0.25) is 0 Å². The van der Waals surface area contributed by atoms with Gasteiger partial charge < -0.3 is 25.2 Å². The van der Waals surface area contributed by atoms with Crippen molar-refractivity contribution in [1.29, 1.82) is 0 Å². The summed E-state index contributed by atoms with van der Waals surface area (Å²) in [5, 5.41) is 35.3. The highest BCUT2D eigenvalue weighted by atomic mass is 16.4. The number of hydrogen-bond donors (Lipinski definition) is 4. The topological polar surface area (TPSA) is 98.0 Å². The van der Waals surface area contributed by atoms with E-state index in [4.69, 9.17) is 21.8 Å². The molecule has 5 heteroatoms. The monoisotopic (exact) mass is 165 g/mol. The van der Waals surface area contributed by atoms with Crippen LogP contribution in [0.3, 0.4) is 0 Å². The standard InChI is InChI=1S/C6H12O5/c1-6(11,3-8)5(10)4(9)2-7/h3-5,7,9-11H,2H2,1H3/t4-,5-,6+/m1/s1/i1D. The van der Waals surface area contributed by atoms with Gasteiger partial charge in [0.2, 0.25) is 0 Å². The second-order valence-electron chi connectivity index (χ2n) is 2.30. The molecule has 4 N–H and O–H groups in total. The van der Waals surface area contributed by atoms with Crippen molar-refractivity contribution in [2.45, 2.75) is 24.7 Å². The van der Waals surface area contributed by atoms with Crippen molar-refractivity contribution < 1.29 is 26.6 Å². The fourth-order valence-electron chi connectivity index (χ4n) is 0.503. The third-order valence-corrected chi connectivity index (χ3v) is 1.27. The van der Waals surface area contributed by atoms with E-state index in [9.17, 15) is 4.79 Å². The lowest BCUT2D eigenvalue weighted by Crippen LogP contribution is -2.49. The summed E-state index contributed by atoms with van der Waals surface area (Å²) in [6.07, 6.45) is -3.48. The molecule has 0 aromatic rings. The van der Waals surface area contributed by atoms with Gasteiger partial charge in [0.05, 0.1) is 6.61 Å². The summed E-state index contributed by atoms with van der Waals surface area (Å²) in [7, 11) is 0. The number of aliphatic hydroxyl groups excluding tert-OH is 3. The Labute approximate surface area is 65.3 Å². The molecule has 0 saturated carbocycles. The van der Waals surface area contributed by atoms with Crippen LogP contribution in [0, 0.1) is 0 Å². The molecule has 0 unspecified atom stereocenters. The molecular weight excluding hydrogens is 152 g/mol. The number of aldehydes is 1. The van der Waals surface area contributed by atoms with Crippen molar-refractivity contribution in [1.82, 2.24) is 0 Å². The number of rotatable bonds is 4. The van der Waals surface area contributed by atoms with E-state index < -0.39 is 31.3 Å². The molecule has 0 rings (SSSR count). The smallest absolute Gasteiger partial charge is 0.154 e. The van der Waals surface area contributed by atoms with E-state index >= 15 is 0 Å². The van der Waals surface area contributed by atoms with Gasteiger partial charge in [0, 0.05) is 1.37 Å². The molecule has 0 aliphatic heterocycles. The van der Waals surface area contributed by atoms with Gasteiger partial charge in [-0.2, -0.15) is 0 Å². The van der Waals surface area contributed by atoms with Gasteiger partial charge in [-0.05, 0) is 6.90 Å². The highest BCUT2D eigenvalue weighted by Crippen LogP contribution is 2.09. The molecule has 0 saturated heterocycles. The van der Waals surface area contributed by atoms with Crippen LogP contribution in [0.5, 0.6) is 0 Å². The molecule has 0 aromatic carbocycles. The van der Waals surface area contributed by atoms with Crippen LogP contribution in [0.4, 0.5) is 0 Å². The van der Waals surface area contributed by atoms with Crippen molar-refractivity contribution in [3.8, 4) is 0 Å². The summed E-state index contributed by atoms with van der Waals surface area (Å²) in [5.74, 6) is 0. The summed E-state index contributed by atoms with van der Waals surface area (Å²) in [5.41, 5.74) is -2.30. The first kappa shape index (κ1) is 8.61. The van der Waals surface area contributed by atoms with Crippen LogP contribution in [-0.2, 0) is 4.79 Å². The van der Waals surface area contributed by atoms with Gasteiger partial charge in [-0.1, -0.05) is 0 Å². The Morgan fingerprint density at radius 2 is 2.27 bits per heavy atom. The van der Waals surface area contributed by atoms with E-state index in [1.165, 1.54) is 0 Å². The highest BCUT2D eigenvalue weighted by molar-refractivity contribution is 5.62. The minimum absolute atomic E-state index is 0.0243. The van der Waals surface area contributed by atoms with Crippen LogP contribution >= 0.6 is 0 Å². The van der Waals surface area contributed by atoms with Crippen molar-refractivity contribution in [2.75, 3.05) is 6.61 Å². The Hall–Kier alpha value is -0.490. The third kappa shape index (κ3) is 2.55. The largest absolute Gasteiger partial charge is 0.394 e. The average molecular weight is 165 g/mol. The Kier molecular flexibility index (Phi) is 2.95. The lowest BCUT2D eigenvalue weighted by molar-refractivity contribution is -0.148. The zero-order valence-electron chi connectivity index (χ0n) is 6.84. The van der Waals surface area contributed by atoms with Crippen molar-refractivity contribution in [2.24, 2.45) is 0 Å². The maximum Gasteiger partial charge on any atom is 0.154 e. The van der Waals surface area contributed by atoms with Crippen LogP contribution in [0.15, 0.2) is 0 Å². The van der Waals surface area contributed by atoms with E-state index in [1.54, 1.807) is 0 Å². The third-order valence-electron chi connectivity index (χ3n) is 1.27. The molecule has 0 amide bonds. The van der Waals surface area contributed by atoms with E-state index in [0.717, 1.165) is 0 Å². The first-order valence-corrected chi connectivity index (χ1v) is 2.96. The summed E-state index contributed by atoms with van der Waals surface area (Å²) < 4.78 is 6.72. The molecular formula is C6H12O5. The first-order chi connectivity index (χ1) is 5.51. The second-order valence-corrected chi connectivity index (χ2v) is 2.30. The Bertz CT molecular complexity index is 153. The number of carbonyl (C=O) groups excluding carboxylic acids is 1. The highest BCUT2D eigenvalue weighted by Gasteiger charge is 2.34. The molecule has 66 valence electrons. The number of hydrogen-bond acceptors (Lipinski definition) is 5. The second kappa shape index (κ2) is 3.77. The molecule has 11 heavy (non-hydrogen) atoms.